The van der Waals surface area contributed by atoms with Gasteiger partial charge >= 0.3 is 0 Å². The molecule has 3 rings (SSSR count). The summed E-state index contributed by atoms with van der Waals surface area (Å²) in [6.07, 6.45) is 0. The summed E-state index contributed by atoms with van der Waals surface area (Å²) >= 11 is 0. The molecule has 8 nitrogen and oxygen atoms in total. The minimum Gasteiger partial charge on any atom is -0.545 e. The number of carbonyl (C=O) groups excluding carboxylic acids is 4. The van der Waals surface area contributed by atoms with E-state index in [1.807, 2.05) is 0 Å². The fourth-order valence-electron chi connectivity index (χ4n) is 3.05. The minimum absolute atomic E-state index is 0.0173. The molecule has 0 atom stereocenters. The third-order valence-electron chi connectivity index (χ3n) is 4.71. The first kappa shape index (κ1) is 22.2. The molecule has 0 aliphatic carbocycles. The molecular formula is C24H18N2O6-2. The van der Waals surface area contributed by atoms with Gasteiger partial charge in [-0.1, -0.05) is 60.7 Å². The highest BCUT2D eigenvalue weighted by molar-refractivity contribution is 6.04. The van der Waals surface area contributed by atoms with Crippen LogP contribution in [0.3, 0.4) is 0 Å². The summed E-state index contributed by atoms with van der Waals surface area (Å²) in [4.78, 5) is 46.9. The van der Waals surface area contributed by atoms with Gasteiger partial charge in [0.2, 0.25) is 0 Å². The first-order chi connectivity index (χ1) is 15.4. The molecule has 0 saturated carbocycles. The summed E-state index contributed by atoms with van der Waals surface area (Å²) in [5, 5.41) is 27.6. The molecule has 0 aliphatic rings. The SMILES string of the molecule is O=C([O-])c1ccccc1C(=O)NCc1ccc(CNC(=O)c2ccccc2C(=O)[O-])cc1. The Bertz CT molecular complexity index is 1080. The van der Waals surface area contributed by atoms with Gasteiger partial charge in [-0.15, -0.1) is 0 Å². The summed E-state index contributed by atoms with van der Waals surface area (Å²) in [7, 11) is 0. The highest BCUT2D eigenvalue weighted by atomic mass is 16.4. The van der Waals surface area contributed by atoms with Crippen molar-refractivity contribution >= 4 is 23.8 Å². The first-order valence-electron chi connectivity index (χ1n) is 9.62. The van der Waals surface area contributed by atoms with E-state index in [2.05, 4.69) is 10.6 Å². The van der Waals surface area contributed by atoms with E-state index in [1.54, 1.807) is 36.4 Å². The van der Waals surface area contributed by atoms with Gasteiger partial charge in [0.1, 0.15) is 0 Å². The average molecular weight is 430 g/mol. The van der Waals surface area contributed by atoms with Crippen LogP contribution >= 0.6 is 0 Å². The molecule has 0 aromatic heterocycles. The first-order valence-corrected chi connectivity index (χ1v) is 9.62. The number of rotatable bonds is 8. The van der Waals surface area contributed by atoms with Gasteiger partial charge in [0.15, 0.2) is 0 Å². The maximum absolute atomic E-state index is 12.3. The van der Waals surface area contributed by atoms with Crippen LogP contribution in [0, 0.1) is 0 Å². The third-order valence-corrected chi connectivity index (χ3v) is 4.71. The highest BCUT2D eigenvalue weighted by Crippen LogP contribution is 2.11. The number of nitrogens with one attached hydrogen (secondary N) is 2. The number of carboxylic acids is 2. The molecule has 0 saturated heterocycles. The molecule has 2 N–H and O–H groups in total. The summed E-state index contributed by atoms with van der Waals surface area (Å²) in [6, 6.07) is 18.6. The van der Waals surface area contributed by atoms with Crippen LogP contribution in [0.5, 0.6) is 0 Å². The molecule has 2 amide bonds. The molecule has 3 aromatic carbocycles. The van der Waals surface area contributed by atoms with Crippen molar-refractivity contribution in [3.8, 4) is 0 Å². The molecule has 0 aliphatic heterocycles. The Hall–Kier alpha value is -4.46. The Labute approximate surface area is 183 Å². The number of carbonyl (C=O) groups is 4. The lowest BCUT2D eigenvalue weighted by molar-refractivity contribution is -0.256. The van der Waals surface area contributed by atoms with Crippen molar-refractivity contribution < 1.29 is 29.4 Å². The van der Waals surface area contributed by atoms with Gasteiger partial charge in [0.25, 0.3) is 11.8 Å². The van der Waals surface area contributed by atoms with E-state index in [0.29, 0.717) is 0 Å². The van der Waals surface area contributed by atoms with Crippen LogP contribution in [0.15, 0.2) is 72.8 Å². The van der Waals surface area contributed by atoms with Crippen LogP contribution in [0.4, 0.5) is 0 Å². The van der Waals surface area contributed by atoms with Crippen LogP contribution in [0.1, 0.15) is 52.6 Å². The Morgan fingerprint density at radius 1 is 0.531 bits per heavy atom. The van der Waals surface area contributed by atoms with E-state index in [4.69, 9.17) is 0 Å². The predicted octanol–water partition coefficient (Wildman–Crippen LogP) is 0.274. The van der Waals surface area contributed by atoms with Crippen molar-refractivity contribution in [2.75, 3.05) is 0 Å². The summed E-state index contributed by atoms with van der Waals surface area (Å²) in [5.41, 5.74) is 1.20. The van der Waals surface area contributed by atoms with Gasteiger partial charge in [-0.3, -0.25) is 9.59 Å². The van der Waals surface area contributed by atoms with Crippen LogP contribution < -0.4 is 20.8 Å². The highest BCUT2D eigenvalue weighted by Gasteiger charge is 2.12. The number of aromatic carboxylic acids is 2. The number of hydrogen-bond acceptors (Lipinski definition) is 6. The molecule has 0 heterocycles. The normalized spacial score (nSPS) is 10.2. The maximum atomic E-state index is 12.3. The Morgan fingerprint density at radius 3 is 1.16 bits per heavy atom. The predicted molar refractivity (Wildman–Crippen MR) is 110 cm³/mol. The smallest absolute Gasteiger partial charge is 0.252 e. The lowest BCUT2D eigenvalue weighted by Crippen LogP contribution is -2.29. The van der Waals surface area contributed by atoms with E-state index >= 15 is 0 Å². The van der Waals surface area contributed by atoms with Gasteiger partial charge < -0.3 is 30.4 Å². The molecule has 0 bridgehead atoms. The minimum atomic E-state index is -1.43. The number of benzene rings is 3. The monoisotopic (exact) mass is 430 g/mol. The van der Waals surface area contributed by atoms with Crippen LogP contribution in [-0.4, -0.2) is 23.8 Å². The van der Waals surface area contributed by atoms with Crippen LogP contribution in [0.2, 0.25) is 0 Å². The zero-order valence-corrected chi connectivity index (χ0v) is 16.8. The van der Waals surface area contributed by atoms with Crippen molar-refractivity contribution in [3.05, 3.63) is 106 Å². The zero-order valence-electron chi connectivity index (χ0n) is 16.8. The molecule has 32 heavy (non-hydrogen) atoms. The number of amides is 2. The molecule has 0 radical (unpaired) electrons. The molecule has 8 heteroatoms. The van der Waals surface area contributed by atoms with E-state index in [0.717, 1.165) is 11.1 Å². The van der Waals surface area contributed by atoms with Crippen molar-refractivity contribution in [2.24, 2.45) is 0 Å². The van der Waals surface area contributed by atoms with Crippen molar-refractivity contribution in [1.82, 2.24) is 10.6 Å². The summed E-state index contributed by atoms with van der Waals surface area (Å²) in [6.45, 7) is 0.345. The topological polar surface area (TPSA) is 138 Å². The van der Waals surface area contributed by atoms with Crippen molar-refractivity contribution in [3.63, 3.8) is 0 Å². The van der Waals surface area contributed by atoms with E-state index < -0.39 is 23.8 Å². The summed E-state index contributed by atoms with van der Waals surface area (Å²) < 4.78 is 0. The second-order valence-corrected chi connectivity index (χ2v) is 6.85. The second-order valence-electron chi connectivity index (χ2n) is 6.85. The van der Waals surface area contributed by atoms with E-state index in [9.17, 15) is 29.4 Å². The molecule has 0 unspecified atom stereocenters. The standard InChI is InChI=1S/C24H20N2O6/c27-21(17-5-1-3-7-19(17)23(29)30)25-13-15-9-11-16(12-10-15)14-26-22(28)18-6-2-4-8-20(18)24(31)32/h1-12H,13-14H2,(H,25,27)(H,26,28)(H,29,30)(H,31,32)/p-2. The Kier molecular flexibility index (Phi) is 6.97. The van der Waals surface area contributed by atoms with Crippen LogP contribution in [-0.2, 0) is 13.1 Å². The fraction of sp³-hybridized carbons (Fsp3) is 0.0833. The van der Waals surface area contributed by atoms with Gasteiger partial charge in [-0.2, -0.15) is 0 Å². The fourth-order valence-corrected chi connectivity index (χ4v) is 3.05. The quantitative estimate of drug-likeness (QED) is 0.526. The van der Waals surface area contributed by atoms with Gasteiger partial charge in [0.05, 0.1) is 11.9 Å². The summed E-state index contributed by atoms with van der Waals surface area (Å²) in [5.74, 6) is -3.92. The largest absolute Gasteiger partial charge is 0.545 e. The van der Waals surface area contributed by atoms with E-state index in [-0.39, 0.29) is 35.3 Å². The second kappa shape index (κ2) is 10.0. The van der Waals surface area contributed by atoms with Gasteiger partial charge in [0, 0.05) is 35.3 Å². The van der Waals surface area contributed by atoms with Crippen LogP contribution in [0.25, 0.3) is 0 Å². The Morgan fingerprint density at radius 2 is 0.844 bits per heavy atom. The van der Waals surface area contributed by atoms with Crippen molar-refractivity contribution in [2.45, 2.75) is 13.1 Å². The lowest BCUT2D eigenvalue weighted by atomic mass is 10.1. The zero-order chi connectivity index (χ0) is 23.1. The van der Waals surface area contributed by atoms with Gasteiger partial charge in [-0.25, -0.2) is 0 Å². The van der Waals surface area contributed by atoms with E-state index in [1.165, 1.54) is 36.4 Å². The molecule has 0 fully saturated rings. The Balaban J connectivity index is 1.57. The average Bonchev–Trinajstić information content (AvgIpc) is 2.81. The number of hydrogen-bond donors (Lipinski definition) is 2. The van der Waals surface area contributed by atoms with Gasteiger partial charge in [-0.05, 0) is 23.3 Å². The molecule has 3 aromatic rings. The lowest BCUT2D eigenvalue weighted by Gasteiger charge is -2.12. The maximum Gasteiger partial charge on any atom is 0.252 e. The molecular weight excluding hydrogens is 412 g/mol. The number of carboxylic acid groups (broad SMARTS) is 2. The van der Waals surface area contributed by atoms with Crippen molar-refractivity contribution in [1.29, 1.82) is 0 Å². The third kappa shape index (κ3) is 5.37. The molecule has 162 valence electrons. The molecule has 0 spiro atoms.